The van der Waals surface area contributed by atoms with E-state index in [1.807, 2.05) is 0 Å². The molecule has 0 aromatic carbocycles. The summed E-state index contributed by atoms with van der Waals surface area (Å²) in [6, 6.07) is 0. The van der Waals surface area contributed by atoms with Gasteiger partial charge in [-0.1, -0.05) is 65.5 Å². The Kier molecular flexibility index (Phi) is 9.05. The van der Waals surface area contributed by atoms with Crippen LogP contribution in [0, 0.1) is 46.3 Å². The zero-order valence-electron chi connectivity index (χ0n) is 25.0. The van der Waals surface area contributed by atoms with Gasteiger partial charge in [-0.15, -0.1) is 0 Å². The largest absolute Gasteiger partial charge is 0.391 e. The van der Waals surface area contributed by atoms with Gasteiger partial charge in [-0.05, 0) is 97.7 Å². The van der Waals surface area contributed by atoms with E-state index in [2.05, 4.69) is 54.8 Å². The van der Waals surface area contributed by atoms with E-state index < -0.39 is 0 Å². The Morgan fingerprint density at radius 2 is 1.78 bits per heavy atom. The van der Waals surface area contributed by atoms with Gasteiger partial charge in [-0.2, -0.15) is 0 Å². The highest BCUT2D eigenvalue weighted by Gasteiger charge is 2.59. The molecule has 3 nitrogen and oxygen atoms in total. The molecule has 4 rings (SSSR count). The van der Waals surface area contributed by atoms with Crippen molar-refractivity contribution in [3.05, 3.63) is 11.6 Å². The van der Waals surface area contributed by atoms with E-state index in [-0.39, 0.29) is 6.61 Å². The molecule has 3 saturated carbocycles. The van der Waals surface area contributed by atoms with E-state index >= 15 is 0 Å². The first-order valence-corrected chi connectivity index (χ1v) is 15.7. The van der Waals surface area contributed by atoms with Crippen LogP contribution in [0.3, 0.4) is 0 Å². The number of hydrogen-bond donors (Lipinski definition) is 1. The fraction of sp³-hybridized carbons (Fsp3) is 0.939. The minimum Gasteiger partial charge on any atom is -0.391 e. The third-order valence-electron chi connectivity index (χ3n) is 12.0. The summed E-state index contributed by atoms with van der Waals surface area (Å²) in [5, 5.41) is 9.31. The normalized spacial score (nSPS) is 39.4. The molecule has 3 fully saturated rings. The molecule has 3 heteroatoms. The van der Waals surface area contributed by atoms with Gasteiger partial charge in [-0.3, -0.25) is 0 Å². The van der Waals surface area contributed by atoms with E-state index in [9.17, 15) is 5.11 Å². The number of quaternary nitrogens is 1. The van der Waals surface area contributed by atoms with Crippen LogP contribution in [0.2, 0.25) is 0 Å². The number of allylic oxidation sites excluding steroid dienone is 1. The highest BCUT2D eigenvalue weighted by Crippen LogP contribution is 2.67. The van der Waals surface area contributed by atoms with Crippen molar-refractivity contribution in [3.63, 3.8) is 0 Å². The van der Waals surface area contributed by atoms with E-state index in [1.165, 1.54) is 64.2 Å². The minimum absolute atomic E-state index is 0.252. The van der Waals surface area contributed by atoms with Crippen molar-refractivity contribution in [2.75, 3.05) is 40.4 Å². The smallest absolute Gasteiger partial charge is 0.102 e. The van der Waals surface area contributed by atoms with Crippen LogP contribution in [0.5, 0.6) is 0 Å². The van der Waals surface area contributed by atoms with Gasteiger partial charge in [0, 0.05) is 0 Å². The number of fused-ring (bicyclic) bond motifs is 5. The Hall–Kier alpha value is -0.380. The van der Waals surface area contributed by atoms with Crippen LogP contribution < -0.4 is 0 Å². The summed E-state index contributed by atoms with van der Waals surface area (Å²) in [6.45, 7) is 15.5. The second-order valence-corrected chi connectivity index (χ2v) is 15.1. The van der Waals surface area contributed by atoms with Crippen LogP contribution in [0.1, 0.15) is 105 Å². The van der Waals surface area contributed by atoms with E-state index in [4.69, 9.17) is 4.74 Å². The van der Waals surface area contributed by atoms with Gasteiger partial charge < -0.3 is 14.3 Å². The predicted molar refractivity (Wildman–Crippen MR) is 152 cm³/mol. The molecule has 0 saturated heterocycles. The van der Waals surface area contributed by atoms with Gasteiger partial charge in [0.2, 0.25) is 0 Å². The monoisotopic (exact) mass is 502 g/mol. The topological polar surface area (TPSA) is 29.5 Å². The zero-order chi connectivity index (χ0) is 26.1. The molecule has 4 aliphatic rings. The molecule has 0 aliphatic heterocycles. The Morgan fingerprint density at radius 3 is 2.50 bits per heavy atom. The van der Waals surface area contributed by atoms with Crippen molar-refractivity contribution in [3.8, 4) is 0 Å². The summed E-state index contributed by atoms with van der Waals surface area (Å²) in [5.74, 6) is 5.46. The fourth-order valence-electron chi connectivity index (χ4n) is 9.64. The Balaban J connectivity index is 1.37. The highest BCUT2D eigenvalue weighted by atomic mass is 16.5. The standard InChI is InChI=1S/C33H60NO2/c1-24(2)9-8-10-25(3)29-13-14-30-28-12-11-26-23-27(36-22-20-34(6,7)19-21-35)15-17-32(26,4)31(28)16-18-33(29,30)5/h11,24-25,27-31,35H,8-10,12-23H2,1-7H3/q+1/t25-,27+,28+,29-,30+,31+,32+,33-/m1/s1. The second kappa shape index (κ2) is 11.4. The molecular weight excluding hydrogens is 442 g/mol. The number of rotatable bonds is 11. The molecule has 1 N–H and O–H groups in total. The lowest BCUT2D eigenvalue weighted by Gasteiger charge is -2.58. The maximum absolute atomic E-state index is 9.31. The van der Waals surface area contributed by atoms with Crippen LogP contribution in [0.15, 0.2) is 11.6 Å². The summed E-state index contributed by atoms with van der Waals surface area (Å²) in [7, 11) is 4.39. The quantitative estimate of drug-likeness (QED) is 0.234. The Morgan fingerprint density at radius 1 is 1.00 bits per heavy atom. The lowest BCUT2D eigenvalue weighted by atomic mass is 9.47. The molecule has 0 spiro atoms. The third kappa shape index (κ3) is 5.79. The molecule has 0 unspecified atom stereocenters. The third-order valence-corrected chi connectivity index (χ3v) is 12.0. The Labute approximate surface area is 224 Å². The molecule has 0 aromatic heterocycles. The Bertz CT molecular complexity index is 759. The number of aliphatic hydroxyl groups is 1. The SMILES string of the molecule is CC(C)CCC[C@@H](C)[C@H]1CC[C@H]2[C@@H]3CC=C4C[C@@H](OCC[N+](C)(C)CCO)CC[C@]4(C)[C@H]3CC[C@]12C. The second-order valence-electron chi connectivity index (χ2n) is 15.1. The first-order chi connectivity index (χ1) is 17.0. The van der Waals surface area contributed by atoms with Crippen molar-refractivity contribution in [1.82, 2.24) is 0 Å². The average molecular weight is 503 g/mol. The van der Waals surface area contributed by atoms with Crippen LogP contribution in [-0.2, 0) is 4.74 Å². The molecular formula is C33H60NO2+. The number of aliphatic hydroxyl groups excluding tert-OH is 1. The van der Waals surface area contributed by atoms with Crippen molar-refractivity contribution in [2.24, 2.45) is 46.3 Å². The zero-order valence-corrected chi connectivity index (χ0v) is 25.0. The first kappa shape index (κ1) is 28.6. The van der Waals surface area contributed by atoms with Gasteiger partial charge in [-0.25, -0.2) is 0 Å². The van der Waals surface area contributed by atoms with Crippen LogP contribution in [-0.4, -0.2) is 56.1 Å². The molecule has 0 heterocycles. The summed E-state index contributed by atoms with van der Waals surface area (Å²) in [5.41, 5.74) is 2.74. The van der Waals surface area contributed by atoms with Crippen LogP contribution in [0.4, 0.5) is 0 Å². The summed E-state index contributed by atoms with van der Waals surface area (Å²) in [4.78, 5) is 0. The maximum atomic E-state index is 9.31. The molecule has 0 radical (unpaired) electrons. The van der Waals surface area contributed by atoms with E-state index in [0.717, 1.165) is 66.1 Å². The number of likely N-dealkylation sites (N-methyl/N-ethyl adjacent to an activating group) is 1. The van der Waals surface area contributed by atoms with Gasteiger partial charge in [0.25, 0.3) is 0 Å². The van der Waals surface area contributed by atoms with Gasteiger partial charge in [0.15, 0.2) is 0 Å². The van der Waals surface area contributed by atoms with Gasteiger partial charge in [0.1, 0.15) is 13.1 Å². The lowest BCUT2D eigenvalue weighted by Crippen LogP contribution is -2.51. The number of nitrogens with zero attached hydrogens (tertiary/aromatic N) is 1. The van der Waals surface area contributed by atoms with Gasteiger partial charge >= 0.3 is 0 Å². The molecule has 4 aliphatic carbocycles. The first-order valence-electron chi connectivity index (χ1n) is 15.7. The van der Waals surface area contributed by atoms with E-state index in [0.29, 0.717) is 16.9 Å². The maximum Gasteiger partial charge on any atom is 0.102 e. The van der Waals surface area contributed by atoms with Crippen molar-refractivity contribution in [2.45, 2.75) is 111 Å². The summed E-state index contributed by atoms with van der Waals surface area (Å²) >= 11 is 0. The van der Waals surface area contributed by atoms with Crippen molar-refractivity contribution >= 4 is 0 Å². The van der Waals surface area contributed by atoms with Crippen molar-refractivity contribution in [1.29, 1.82) is 0 Å². The lowest BCUT2D eigenvalue weighted by molar-refractivity contribution is -0.891. The number of hydrogen-bond acceptors (Lipinski definition) is 2. The van der Waals surface area contributed by atoms with Gasteiger partial charge in [0.05, 0.1) is 33.4 Å². The molecule has 0 amide bonds. The molecule has 208 valence electrons. The predicted octanol–water partition coefficient (Wildman–Crippen LogP) is 7.48. The molecule has 0 aromatic rings. The highest BCUT2D eigenvalue weighted by molar-refractivity contribution is 5.25. The number of ether oxygens (including phenoxy) is 1. The summed E-state index contributed by atoms with van der Waals surface area (Å²) in [6.07, 6.45) is 18.3. The minimum atomic E-state index is 0.252. The average Bonchev–Trinajstić information content (AvgIpc) is 3.16. The van der Waals surface area contributed by atoms with E-state index in [1.54, 1.807) is 5.57 Å². The molecule has 8 atom stereocenters. The van der Waals surface area contributed by atoms with Crippen LogP contribution >= 0.6 is 0 Å². The molecule has 0 bridgehead atoms. The fourth-order valence-corrected chi connectivity index (χ4v) is 9.64. The summed E-state index contributed by atoms with van der Waals surface area (Å²) < 4.78 is 7.27. The van der Waals surface area contributed by atoms with Crippen LogP contribution in [0.25, 0.3) is 0 Å². The van der Waals surface area contributed by atoms with Crippen molar-refractivity contribution < 1.29 is 14.3 Å². The molecule has 36 heavy (non-hydrogen) atoms.